The third-order valence-electron chi connectivity index (χ3n) is 4.44. The fourth-order valence-electron chi connectivity index (χ4n) is 3.11. The number of hydrogen-bond donors (Lipinski definition) is 4. The molecule has 0 aliphatic heterocycles. The highest BCUT2D eigenvalue weighted by Gasteiger charge is 2.18. The Labute approximate surface area is 149 Å². The van der Waals surface area contributed by atoms with E-state index < -0.39 is 11.9 Å². The van der Waals surface area contributed by atoms with E-state index in [9.17, 15) is 14.7 Å². The summed E-state index contributed by atoms with van der Waals surface area (Å²) in [5.74, 6) is -2.51. The summed E-state index contributed by atoms with van der Waals surface area (Å²) in [6.07, 6.45) is 12.8. The monoisotopic (exact) mass is 357 g/mol. The summed E-state index contributed by atoms with van der Waals surface area (Å²) < 4.78 is 5.71. The lowest BCUT2D eigenvalue weighted by Gasteiger charge is -2.24. The van der Waals surface area contributed by atoms with Crippen LogP contribution in [0.2, 0.25) is 0 Å². The van der Waals surface area contributed by atoms with Crippen LogP contribution in [-0.2, 0) is 14.3 Å². The SMILES string of the molecule is O=C(O)/C=C/C(=O)O.OC(CNC1CCCCC1)COC1CCCC1. The molecule has 0 amide bonds. The van der Waals surface area contributed by atoms with Gasteiger partial charge >= 0.3 is 11.9 Å². The topological polar surface area (TPSA) is 116 Å². The molecule has 0 heterocycles. The number of rotatable bonds is 8. The van der Waals surface area contributed by atoms with Crippen LogP contribution >= 0.6 is 0 Å². The first-order chi connectivity index (χ1) is 12.0. The van der Waals surface area contributed by atoms with Crippen molar-refractivity contribution < 1.29 is 29.6 Å². The minimum absolute atomic E-state index is 0.336. The van der Waals surface area contributed by atoms with E-state index in [0.717, 1.165) is 0 Å². The number of ether oxygens (including phenoxy) is 1. The van der Waals surface area contributed by atoms with Crippen molar-refractivity contribution in [3.63, 3.8) is 0 Å². The van der Waals surface area contributed by atoms with Gasteiger partial charge in [-0.15, -0.1) is 0 Å². The Morgan fingerprint density at radius 3 is 2.00 bits per heavy atom. The predicted octanol–water partition coefficient (Wildman–Crippen LogP) is 1.94. The smallest absolute Gasteiger partial charge is 0.328 e. The predicted molar refractivity (Wildman–Crippen MR) is 93.5 cm³/mol. The lowest BCUT2D eigenvalue weighted by atomic mass is 9.95. The molecular weight excluding hydrogens is 326 g/mol. The van der Waals surface area contributed by atoms with Crippen LogP contribution in [0.3, 0.4) is 0 Å². The second kappa shape index (κ2) is 12.9. The number of aliphatic hydroxyl groups excluding tert-OH is 1. The molecule has 2 rings (SSSR count). The molecule has 2 aliphatic carbocycles. The molecule has 4 N–H and O–H groups in total. The molecule has 0 aromatic heterocycles. The van der Waals surface area contributed by atoms with Gasteiger partial charge in [0.25, 0.3) is 0 Å². The first-order valence-corrected chi connectivity index (χ1v) is 9.14. The molecule has 0 aromatic carbocycles. The lowest BCUT2D eigenvalue weighted by Crippen LogP contribution is -2.38. The van der Waals surface area contributed by atoms with Gasteiger partial charge in [-0.2, -0.15) is 0 Å². The van der Waals surface area contributed by atoms with Crippen LogP contribution in [-0.4, -0.2) is 58.7 Å². The number of carboxylic acid groups (broad SMARTS) is 2. The summed E-state index contributed by atoms with van der Waals surface area (Å²) in [5.41, 5.74) is 0. The minimum Gasteiger partial charge on any atom is -0.478 e. The normalized spacial score (nSPS) is 20.2. The highest BCUT2D eigenvalue weighted by atomic mass is 16.5. The van der Waals surface area contributed by atoms with Crippen LogP contribution in [0, 0.1) is 0 Å². The van der Waals surface area contributed by atoms with Crippen molar-refractivity contribution in [1.29, 1.82) is 0 Å². The molecule has 144 valence electrons. The Balaban J connectivity index is 0.000000333. The van der Waals surface area contributed by atoms with E-state index in [1.807, 2.05) is 0 Å². The van der Waals surface area contributed by atoms with Gasteiger partial charge in [-0.25, -0.2) is 9.59 Å². The van der Waals surface area contributed by atoms with E-state index in [2.05, 4.69) is 5.32 Å². The largest absolute Gasteiger partial charge is 0.478 e. The number of hydrogen-bond acceptors (Lipinski definition) is 5. The van der Waals surface area contributed by atoms with Crippen molar-refractivity contribution in [2.75, 3.05) is 13.2 Å². The van der Waals surface area contributed by atoms with Crippen molar-refractivity contribution in [3.05, 3.63) is 12.2 Å². The maximum atomic E-state index is 9.85. The molecule has 2 fully saturated rings. The van der Waals surface area contributed by atoms with Gasteiger partial charge < -0.3 is 25.4 Å². The maximum Gasteiger partial charge on any atom is 0.328 e. The molecule has 0 radical (unpaired) electrons. The fraction of sp³-hybridized carbons (Fsp3) is 0.778. The summed E-state index contributed by atoms with van der Waals surface area (Å²) in [7, 11) is 0. The number of nitrogens with one attached hydrogen (secondary N) is 1. The van der Waals surface area contributed by atoms with Crippen molar-refractivity contribution in [2.24, 2.45) is 0 Å². The first-order valence-electron chi connectivity index (χ1n) is 9.14. The number of aliphatic carboxylic acids is 2. The molecule has 1 atom stereocenters. The lowest BCUT2D eigenvalue weighted by molar-refractivity contribution is -0.134. The van der Waals surface area contributed by atoms with E-state index in [4.69, 9.17) is 14.9 Å². The van der Waals surface area contributed by atoms with Crippen LogP contribution < -0.4 is 5.32 Å². The molecule has 2 saturated carbocycles. The third-order valence-corrected chi connectivity index (χ3v) is 4.44. The molecule has 2 aliphatic rings. The molecule has 0 bridgehead atoms. The second-order valence-electron chi connectivity index (χ2n) is 6.65. The molecule has 0 spiro atoms. The van der Waals surface area contributed by atoms with Gasteiger partial charge in [0.1, 0.15) is 0 Å². The summed E-state index contributed by atoms with van der Waals surface area (Å²) in [5, 5.41) is 28.9. The molecule has 0 saturated heterocycles. The first kappa shape index (κ1) is 21.6. The van der Waals surface area contributed by atoms with Crippen LogP contribution in [0.5, 0.6) is 0 Å². The van der Waals surface area contributed by atoms with Crippen molar-refractivity contribution in [1.82, 2.24) is 5.32 Å². The van der Waals surface area contributed by atoms with Gasteiger partial charge in [0, 0.05) is 24.7 Å². The zero-order chi connectivity index (χ0) is 18.5. The Morgan fingerprint density at radius 1 is 0.960 bits per heavy atom. The zero-order valence-electron chi connectivity index (χ0n) is 14.7. The van der Waals surface area contributed by atoms with Crippen molar-refractivity contribution in [3.8, 4) is 0 Å². The molecule has 25 heavy (non-hydrogen) atoms. The van der Waals surface area contributed by atoms with E-state index in [1.165, 1.54) is 57.8 Å². The van der Waals surface area contributed by atoms with Gasteiger partial charge in [-0.3, -0.25) is 0 Å². The van der Waals surface area contributed by atoms with Crippen LogP contribution in [0.1, 0.15) is 57.8 Å². The Hall–Kier alpha value is -1.44. The van der Waals surface area contributed by atoms with Crippen LogP contribution in [0.4, 0.5) is 0 Å². The minimum atomic E-state index is -1.26. The van der Waals surface area contributed by atoms with Crippen LogP contribution in [0.15, 0.2) is 12.2 Å². The molecule has 7 heteroatoms. The van der Waals surface area contributed by atoms with E-state index in [-0.39, 0.29) is 6.10 Å². The molecular formula is C18H31NO6. The molecule has 7 nitrogen and oxygen atoms in total. The summed E-state index contributed by atoms with van der Waals surface area (Å²) in [6, 6.07) is 0.630. The Bertz CT molecular complexity index is 398. The maximum absolute atomic E-state index is 9.85. The number of carboxylic acids is 2. The van der Waals surface area contributed by atoms with Crippen molar-refractivity contribution >= 4 is 11.9 Å². The highest BCUT2D eigenvalue weighted by Crippen LogP contribution is 2.21. The average molecular weight is 357 g/mol. The van der Waals surface area contributed by atoms with Gasteiger partial charge in [0.15, 0.2) is 0 Å². The molecule has 1 unspecified atom stereocenters. The summed E-state index contributed by atoms with van der Waals surface area (Å²) in [6.45, 7) is 1.20. The quantitative estimate of drug-likeness (QED) is 0.491. The van der Waals surface area contributed by atoms with E-state index >= 15 is 0 Å². The van der Waals surface area contributed by atoms with Gasteiger partial charge in [0.2, 0.25) is 0 Å². The summed E-state index contributed by atoms with van der Waals surface area (Å²) in [4.78, 5) is 19.1. The fourth-order valence-corrected chi connectivity index (χ4v) is 3.11. The number of aliphatic hydroxyl groups is 1. The Kier molecular flexibility index (Phi) is 11.1. The van der Waals surface area contributed by atoms with E-state index in [0.29, 0.717) is 37.4 Å². The standard InChI is InChI=1S/C14H27NO2.C4H4O4/c16-13(11-17-14-8-4-5-9-14)10-15-12-6-2-1-3-7-12;5-3(6)1-2-4(7)8/h12-16H,1-11H2;1-2H,(H,5,6)(H,7,8)/b;2-1+. The summed E-state index contributed by atoms with van der Waals surface area (Å²) >= 11 is 0. The van der Waals surface area contributed by atoms with Crippen molar-refractivity contribution in [2.45, 2.75) is 76.0 Å². The van der Waals surface area contributed by atoms with Gasteiger partial charge in [-0.1, -0.05) is 32.1 Å². The highest BCUT2D eigenvalue weighted by molar-refractivity contribution is 5.89. The average Bonchev–Trinajstić information content (AvgIpc) is 3.11. The van der Waals surface area contributed by atoms with E-state index in [1.54, 1.807) is 0 Å². The van der Waals surface area contributed by atoms with Crippen LogP contribution in [0.25, 0.3) is 0 Å². The third kappa shape index (κ3) is 11.7. The van der Waals surface area contributed by atoms with Gasteiger partial charge in [0.05, 0.1) is 18.8 Å². The zero-order valence-corrected chi connectivity index (χ0v) is 14.7. The molecule has 0 aromatic rings. The second-order valence-corrected chi connectivity index (χ2v) is 6.65. The van der Waals surface area contributed by atoms with Gasteiger partial charge in [-0.05, 0) is 25.7 Å². The Morgan fingerprint density at radius 2 is 1.48 bits per heavy atom. The number of carbonyl (C=O) groups is 2.